The number of unbranched alkanes of at least 4 members (excludes halogenated alkanes) is 13. The van der Waals surface area contributed by atoms with E-state index in [0.29, 0.717) is 5.41 Å². The molecule has 0 saturated carbocycles. The topological polar surface area (TPSA) is 0 Å². The van der Waals surface area contributed by atoms with E-state index in [0.717, 1.165) is 0 Å². The molecule has 0 amide bonds. The zero-order valence-corrected chi connectivity index (χ0v) is 19.3. The van der Waals surface area contributed by atoms with E-state index in [1.54, 1.807) is 0 Å². The summed E-state index contributed by atoms with van der Waals surface area (Å²) in [6.45, 7) is 9.37. The van der Waals surface area contributed by atoms with E-state index in [1.807, 2.05) is 0 Å². The summed E-state index contributed by atoms with van der Waals surface area (Å²) in [7, 11) is 0. The summed E-state index contributed by atoms with van der Waals surface area (Å²) in [5.74, 6) is 0. The van der Waals surface area contributed by atoms with Crippen LogP contribution in [-0.2, 0) is 0 Å². The maximum Gasteiger partial charge on any atom is -0.0297 e. The minimum atomic E-state index is 0.696. The lowest BCUT2D eigenvalue weighted by Gasteiger charge is -2.35. The first kappa shape index (κ1) is 26.0. The molecule has 158 valence electrons. The fourth-order valence-corrected chi connectivity index (χ4v) is 4.63. The Morgan fingerprint density at radius 2 is 0.538 bits per heavy atom. The van der Waals surface area contributed by atoms with Gasteiger partial charge in [0.1, 0.15) is 0 Å². The second-order valence-corrected chi connectivity index (χ2v) is 9.10. The van der Waals surface area contributed by atoms with Gasteiger partial charge in [-0.1, -0.05) is 137 Å². The molecular weight excluding hydrogens is 312 g/mol. The van der Waals surface area contributed by atoms with Crippen LogP contribution in [0.2, 0.25) is 0 Å². The highest BCUT2D eigenvalue weighted by molar-refractivity contribution is 4.80. The lowest BCUT2D eigenvalue weighted by molar-refractivity contribution is 0.172. The smallest absolute Gasteiger partial charge is 0.0297 e. The van der Waals surface area contributed by atoms with Gasteiger partial charge in [0, 0.05) is 0 Å². The van der Waals surface area contributed by atoms with Crippen molar-refractivity contribution < 1.29 is 0 Å². The molecule has 0 N–H and O–H groups in total. The molecule has 0 bridgehead atoms. The van der Waals surface area contributed by atoms with Gasteiger partial charge >= 0.3 is 0 Å². The van der Waals surface area contributed by atoms with Crippen LogP contribution in [0.3, 0.4) is 0 Å². The summed E-state index contributed by atoms with van der Waals surface area (Å²) >= 11 is 0. The third-order valence-electron chi connectivity index (χ3n) is 6.49. The van der Waals surface area contributed by atoms with Crippen molar-refractivity contribution >= 4 is 0 Å². The van der Waals surface area contributed by atoms with Gasteiger partial charge in [0.2, 0.25) is 0 Å². The van der Waals surface area contributed by atoms with E-state index in [4.69, 9.17) is 0 Å². The van der Waals surface area contributed by atoms with Crippen molar-refractivity contribution in [2.45, 2.75) is 163 Å². The van der Waals surface area contributed by atoms with Crippen LogP contribution in [0.15, 0.2) is 0 Å². The summed E-state index contributed by atoms with van der Waals surface area (Å²) in [5.41, 5.74) is 0.696. The van der Waals surface area contributed by atoms with Gasteiger partial charge in [-0.25, -0.2) is 0 Å². The summed E-state index contributed by atoms with van der Waals surface area (Å²) in [6.07, 6.45) is 30.7. The molecule has 0 unspecified atom stereocenters. The van der Waals surface area contributed by atoms with Crippen LogP contribution < -0.4 is 0 Å². The predicted octanol–water partition coefficient (Wildman–Crippen LogP) is 10.2. The Kier molecular flexibility index (Phi) is 19.8. The molecule has 0 heterocycles. The van der Waals surface area contributed by atoms with E-state index in [2.05, 4.69) is 27.7 Å². The average Bonchev–Trinajstić information content (AvgIpc) is 2.65. The largest absolute Gasteiger partial charge is 0.0654 e. The van der Waals surface area contributed by atoms with E-state index >= 15 is 0 Å². The molecular formula is C26H54. The Bertz CT molecular complexity index is 241. The van der Waals surface area contributed by atoms with Crippen LogP contribution in [-0.4, -0.2) is 0 Å². The van der Waals surface area contributed by atoms with Crippen molar-refractivity contribution in [1.82, 2.24) is 0 Å². The van der Waals surface area contributed by atoms with Crippen LogP contribution >= 0.6 is 0 Å². The first-order chi connectivity index (χ1) is 12.7. The zero-order valence-electron chi connectivity index (χ0n) is 19.3. The molecule has 26 heavy (non-hydrogen) atoms. The Hall–Kier alpha value is 0. The van der Waals surface area contributed by atoms with Gasteiger partial charge in [0.05, 0.1) is 0 Å². The Labute approximate surface area is 168 Å². The van der Waals surface area contributed by atoms with Crippen molar-refractivity contribution in [3.8, 4) is 0 Å². The Morgan fingerprint density at radius 3 is 0.885 bits per heavy atom. The Balaban J connectivity index is 4.59. The van der Waals surface area contributed by atoms with E-state index in [1.165, 1.54) is 135 Å². The number of hydrogen-bond donors (Lipinski definition) is 0. The first-order valence-corrected chi connectivity index (χ1v) is 12.7. The van der Waals surface area contributed by atoms with Gasteiger partial charge in [-0.2, -0.15) is 0 Å². The molecule has 0 spiro atoms. The van der Waals surface area contributed by atoms with E-state index in [9.17, 15) is 0 Å². The van der Waals surface area contributed by atoms with Crippen molar-refractivity contribution in [2.24, 2.45) is 5.41 Å². The molecule has 0 rings (SSSR count). The van der Waals surface area contributed by atoms with E-state index < -0.39 is 0 Å². The molecule has 0 aliphatic carbocycles. The summed E-state index contributed by atoms with van der Waals surface area (Å²) in [4.78, 5) is 0. The summed E-state index contributed by atoms with van der Waals surface area (Å²) < 4.78 is 0. The van der Waals surface area contributed by atoms with Crippen molar-refractivity contribution in [1.29, 1.82) is 0 Å². The standard InChI is InChI=1S/C26H54/c1-5-9-13-16-20-24-26(22-18-12-8-4,23-19-15-11-7-3)25-21-17-14-10-6-2/h5-25H2,1-4H3. The lowest BCUT2D eigenvalue weighted by atomic mass is 9.70. The molecule has 0 aromatic carbocycles. The average molecular weight is 367 g/mol. The molecule has 0 fully saturated rings. The van der Waals surface area contributed by atoms with Gasteiger partial charge in [-0.3, -0.25) is 0 Å². The normalized spacial score (nSPS) is 12.0. The molecule has 0 aromatic rings. The van der Waals surface area contributed by atoms with Gasteiger partial charge in [-0.15, -0.1) is 0 Å². The van der Waals surface area contributed by atoms with Gasteiger partial charge < -0.3 is 0 Å². The minimum Gasteiger partial charge on any atom is -0.0654 e. The SMILES string of the molecule is CCCCCCCC(CCCCC)(CCCCCC)CCCCCCC. The third-order valence-corrected chi connectivity index (χ3v) is 6.49. The van der Waals surface area contributed by atoms with Crippen LogP contribution in [0.4, 0.5) is 0 Å². The molecule has 0 aliphatic heterocycles. The lowest BCUT2D eigenvalue weighted by Crippen LogP contribution is -2.21. The Morgan fingerprint density at radius 1 is 0.308 bits per heavy atom. The van der Waals surface area contributed by atoms with E-state index in [-0.39, 0.29) is 0 Å². The monoisotopic (exact) mass is 366 g/mol. The molecule has 0 nitrogen and oxygen atoms in total. The highest BCUT2D eigenvalue weighted by atomic mass is 14.3. The number of rotatable bonds is 21. The van der Waals surface area contributed by atoms with Gasteiger partial charge in [-0.05, 0) is 31.1 Å². The molecule has 0 radical (unpaired) electrons. The molecule has 0 aromatic heterocycles. The maximum atomic E-state index is 2.36. The molecule has 0 heteroatoms. The maximum absolute atomic E-state index is 2.36. The number of hydrogen-bond acceptors (Lipinski definition) is 0. The van der Waals surface area contributed by atoms with Gasteiger partial charge in [0.25, 0.3) is 0 Å². The minimum absolute atomic E-state index is 0.696. The van der Waals surface area contributed by atoms with Crippen LogP contribution in [0, 0.1) is 5.41 Å². The molecule has 0 aliphatic rings. The quantitative estimate of drug-likeness (QED) is 0.177. The van der Waals surface area contributed by atoms with Crippen LogP contribution in [0.5, 0.6) is 0 Å². The highest BCUT2D eigenvalue weighted by Crippen LogP contribution is 2.42. The van der Waals surface area contributed by atoms with Crippen LogP contribution in [0.25, 0.3) is 0 Å². The molecule has 0 atom stereocenters. The zero-order chi connectivity index (χ0) is 19.3. The van der Waals surface area contributed by atoms with Crippen molar-refractivity contribution in [3.63, 3.8) is 0 Å². The van der Waals surface area contributed by atoms with Crippen LogP contribution in [0.1, 0.15) is 163 Å². The predicted molar refractivity (Wildman–Crippen MR) is 122 cm³/mol. The fourth-order valence-electron chi connectivity index (χ4n) is 4.63. The molecule has 0 saturated heterocycles. The van der Waals surface area contributed by atoms with Crippen molar-refractivity contribution in [2.75, 3.05) is 0 Å². The summed E-state index contributed by atoms with van der Waals surface area (Å²) in [6, 6.07) is 0. The second kappa shape index (κ2) is 19.8. The first-order valence-electron chi connectivity index (χ1n) is 12.7. The third kappa shape index (κ3) is 15.1. The summed E-state index contributed by atoms with van der Waals surface area (Å²) in [5, 5.41) is 0. The van der Waals surface area contributed by atoms with Crippen molar-refractivity contribution in [3.05, 3.63) is 0 Å². The fraction of sp³-hybridized carbons (Fsp3) is 1.00. The second-order valence-electron chi connectivity index (χ2n) is 9.10. The highest BCUT2D eigenvalue weighted by Gasteiger charge is 2.28. The van der Waals surface area contributed by atoms with Gasteiger partial charge in [0.15, 0.2) is 0 Å².